The van der Waals surface area contributed by atoms with Crippen LogP contribution in [0.15, 0.2) is 18.2 Å². The van der Waals surface area contributed by atoms with Crippen LogP contribution in [0.3, 0.4) is 0 Å². The number of alkyl halides is 1. The van der Waals surface area contributed by atoms with E-state index in [1.54, 1.807) is 18.2 Å². The van der Waals surface area contributed by atoms with E-state index in [4.69, 9.17) is 9.47 Å². The summed E-state index contributed by atoms with van der Waals surface area (Å²) in [6.45, 7) is 2.35. The number of halogens is 1. The lowest BCUT2D eigenvalue weighted by molar-refractivity contribution is 0.0987. The summed E-state index contributed by atoms with van der Waals surface area (Å²) in [6, 6.07) is 5.33. The van der Waals surface area contributed by atoms with Crippen LogP contribution in [0.2, 0.25) is 0 Å². The van der Waals surface area contributed by atoms with Gasteiger partial charge in [0.05, 0.1) is 4.83 Å². The largest absolute Gasteiger partial charge is 0.454 e. The molecule has 0 N–H and O–H groups in total. The molecule has 4 heteroatoms. The molecule has 1 aromatic rings. The highest BCUT2D eigenvalue weighted by molar-refractivity contribution is 9.10. The van der Waals surface area contributed by atoms with Crippen LogP contribution in [0.4, 0.5) is 0 Å². The monoisotopic (exact) mass is 298 g/mol. The van der Waals surface area contributed by atoms with E-state index in [1.807, 2.05) is 0 Å². The number of carbonyl (C=O) groups excluding carboxylic acids is 1. The topological polar surface area (TPSA) is 35.5 Å². The van der Waals surface area contributed by atoms with Crippen molar-refractivity contribution in [2.24, 2.45) is 0 Å². The third-order valence-electron chi connectivity index (χ3n) is 2.75. The summed E-state index contributed by atoms with van der Waals surface area (Å²) in [5.74, 6) is 1.48. The van der Waals surface area contributed by atoms with Crippen molar-refractivity contribution in [1.29, 1.82) is 0 Å². The molecule has 2 rings (SSSR count). The van der Waals surface area contributed by atoms with Gasteiger partial charge in [-0.1, -0.05) is 35.7 Å². The highest BCUT2D eigenvalue weighted by Gasteiger charge is 2.20. The van der Waals surface area contributed by atoms with Gasteiger partial charge in [-0.05, 0) is 24.6 Å². The lowest BCUT2D eigenvalue weighted by Gasteiger charge is -2.08. The number of carbonyl (C=O) groups is 1. The third kappa shape index (κ3) is 2.80. The summed E-state index contributed by atoms with van der Waals surface area (Å²) in [5.41, 5.74) is 0.673. The van der Waals surface area contributed by atoms with Crippen LogP contribution in [-0.4, -0.2) is 17.4 Å². The highest BCUT2D eigenvalue weighted by Crippen LogP contribution is 2.33. The minimum Gasteiger partial charge on any atom is -0.454 e. The van der Waals surface area contributed by atoms with Crippen molar-refractivity contribution in [1.82, 2.24) is 0 Å². The van der Waals surface area contributed by atoms with E-state index in [9.17, 15) is 4.79 Å². The zero-order valence-electron chi connectivity index (χ0n) is 9.74. The molecule has 0 aromatic heterocycles. The molecule has 1 aliphatic rings. The Kier molecular flexibility index (Phi) is 4.05. The Hall–Kier alpha value is -1.03. The van der Waals surface area contributed by atoms with Gasteiger partial charge in [0.1, 0.15) is 0 Å². The first-order valence-electron chi connectivity index (χ1n) is 5.80. The fraction of sp³-hybridized carbons (Fsp3) is 0.462. The molecule has 0 aliphatic carbocycles. The van der Waals surface area contributed by atoms with Crippen molar-refractivity contribution in [3.8, 4) is 11.5 Å². The molecule has 3 nitrogen and oxygen atoms in total. The van der Waals surface area contributed by atoms with E-state index in [0.29, 0.717) is 17.1 Å². The van der Waals surface area contributed by atoms with Crippen molar-refractivity contribution in [3.63, 3.8) is 0 Å². The molecule has 1 atom stereocenters. The number of hydrogen-bond acceptors (Lipinski definition) is 3. The quantitative estimate of drug-likeness (QED) is 0.616. The normalized spacial score (nSPS) is 14.7. The lowest BCUT2D eigenvalue weighted by atomic mass is 10.0. The summed E-state index contributed by atoms with van der Waals surface area (Å²) in [5, 5.41) is 0. The van der Waals surface area contributed by atoms with Gasteiger partial charge in [0.15, 0.2) is 17.3 Å². The number of unbranched alkanes of at least 4 members (excludes halogenated alkanes) is 1. The second-order valence-electron chi connectivity index (χ2n) is 4.04. The van der Waals surface area contributed by atoms with Gasteiger partial charge in [0, 0.05) is 5.56 Å². The summed E-state index contributed by atoms with van der Waals surface area (Å²) < 4.78 is 10.5. The van der Waals surface area contributed by atoms with Gasteiger partial charge in [-0.15, -0.1) is 0 Å². The standard InChI is InChI=1S/C13H15BrO3/c1-2-3-4-10(14)13(15)9-5-6-11-12(7-9)17-8-16-11/h5-7,10H,2-4,8H2,1H3. The molecule has 17 heavy (non-hydrogen) atoms. The van der Waals surface area contributed by atoms with Crippen LogP contribution in [0.1, 0.15) is 36.5 Å². The van der Waals surface area contributed by atoms with E-state index < -0.39 is 0 Å². The van der Waals surface area contributed by atoms with Gasteiger partial charge in [-0.3, -0.25) is 4.79 Å². The van der Waals surface area contributed by atoms with Gasteiger partial charge in [0.2, 0.25) is 6.79 Å². The van der Waals surface area contributed by atoms with Crippen molar-refractivity contribution in [3.05, 3.63) is 23.8 Å². The Morgan fingerprint density at radius 3 is 2.94 bits per heavy atom. The van der Waals surface area contributed by atoms with Gasteiger partial charge < -0.3 is 9.47 Å². The Labute approximate surface area is 109 Å². The maximum absolute atomic E-state index is 12.1. The molecule has 1 aliphatic heterocycles. The van der Waals surface area contributed by atoms with Crippen LogP contribution < -0.4 is 9.47 Å². The van der Waals surface area contributed by atoms with Crippen molar-refractivity contribution < 1.29 is 14.3 Å². The Balaban J connectivity index is 2.09. The average molecular weight is 299 g/mol. The molecule has 92 valence electrons. The van der Waals surface area contributed by atoms with Crippen molar-refractivity contribution in [2.45, 2.75) is 31.0 Å². The summed E-state index contributed by atoms with van der Waals surface area (Å²) >= 11 is 3.44. The molecule has 0 amide bonds. The van der Waals surface area contributed by atoms with Gasteiger partial charge in [-0.25, -0.2) is 0 Å². The second-order valence-corrected chi connectivity index (χ2v) is 5.15. The molecule has 0 spiro atoms. The number of rotatable bonds is 5. The molecule has 1 heterocycles. The Bertz CT molecular complexity index is 417. The molecule has 1 aromatic carbocycles. The fourth-order valence-electron chi connectivity index (χ4n) is 1.75. The number of ether oxygens (including phenoxy) is 2. The number of Topliss-reactive ketones (excluding diaryl/α,β-unsaturated/α-hetero) is 1. The number of benzene rings is 1. The number of hydrogen-bond donors (Lipinski definition) is 0. The minimum atomic E-state index is -0.108. The molecule has 1 unspecified atom stereocenters. The predicted molar refractivity (Wildman–Crippen MR) is 69.1 cm³/mol. The first-order valence-corrected chi connectivity index (χ1v) is 6.72. The van der Waals surface area contributed by atoms with E-state index in [-0.39, 0.29) is 17.4 Å². The van der Waals surface area contributed by atoms with E-state index in [0.717, 1.165) is 19.3 Å². The third-order valence-corrected chi connectivity index (χ3v) is 3.63. The molecule has 0 bridgehead atoms. The van der Waals surface area contributed by atoms with E-state index in [2.05, 4.69) is 22.9 Å². The molecule has 0 fully saturated rings. The first kappa shape index (κ1) is 12.4. The van der Waals surface area contributed by atoms with Gasteiger partial charge in [0.25, 0.3) is 0 Å². The smallest absolute Gasteiger partial charge is 0.231 e. The van der Waals surface area contributed by atoms with Gasteiger partial charge >= 0.3 is 0 Å². The average Bonchev–Trinajstić information content (AvgIpc) is 2.81. The predicted octanol–water partition coefficient (Wildman–Crippen LogP) is 3.55. The van der Waals surface area contributed by atoms with Crippen LogP contribution >= 0.6 is 15.9 Å². The van der Waals surface area contributed by atoms with Crippen molar-refractivity contribution in [2.75, 3.05) is 6.79 Å². The Morgan fingerprint density at radius 2 is 2.18 bits per heavy atom. The molecule has 0 saturated carbocycles. The van der Waals surface area contributed by atoms with Crippen LogP contribution in [0.25, 0.3) is 0 Å². The fourth-order valence-corrected chi connectivity index (χ4v) is 2.33. The van der Waals surface area contributed by atoms with E-state index in [1.165, 1.54) is 0 Å². The molecule has 0 radical (unpaired) electrons. The lowest BCUT2D eigenvalue weighted by Crippen LogP contribution is -2.13. The van der Waals surface area contributed by atoms with Crippen LogP contribution in [-0.2, 0) is 0 Å². The SMILES string of the molecule is CCCCC(Br)C(=O)c1ccc2c(c1)OCO2. The second kappa shape index (κ2) is 5.54. The maximum Gasteiger partial charge on any atom is 0.231 e. The maximum atomic E-state index is 12.1. The molecular formula is C13H15BrO3. The van der Waals surface area contributed by atoms with Gasteiger partial charge in [-0.2, -0.15) is 0 Å². The Morgan fingerprint density at radius 1 is 1.41 bits per heavy atom. The zero-order chi connectivity index (χ0) is 12.3. The molecule has 0 saturated heterocycles. The molecular weight excluding hydrogens is 284 g/mol. The van der Waals surface area contributed by atoms with Crippen LogP contribution in [0, 0.1) is 0 Å². The first-order chi connectivity index (χ1) is 8.22. The van der Waals surface area contributed by atoms with Crippen molar-refractivity contribution >= 4 is 21.7 Å². The summed E-state index contributed by atoms with van der Waals surface area (Å²) in [7, 11) is 0. The number of ketones is 1. The van der Waals surface area contributed by atoms with Crippen LogP contribution in [0.5, 0.6) is 11.5 Å². The van der Waals surface area contributed by atoms with E-state index >= 15 is 0 Å². The summed E-state index contributed by atoms with van der Waals surface area (Å²) in [4.78, 5) is 12.0. The minimum absolute atomic E-state index is 0.108. The summed E-state index contributed by atoms with van der Waals surface area (Å²) in [6.07, 6.45) is 3.01. The highest BCUT2D eigenvalue weighted by atomic mass is 79.9. The number of fused-ring (bicyclic) bond motifs is 1. The zero-order valence-corrected chi connectivity index (χ0v) is 11.3.